The molecule has 0 unspecified atom stereocenters. The third-order valence-corrected chi connectivity index (χ3v) is 9.08. The first-order valence-corrected chi connectivity index (χ1v) is 13.3. The third kappa shape index (κ3) is 4.71. The van der Waals surface area contributed by atoms with Crippen LogP contribution in [0.25, 0.3) is 11.1 Å². The molecule has 0 radical (unpaired) electrons. The molecule has 0 saturated heterocycles. The number of hydrogen-bond acceptors (Lipinski definition) is 4. The average molecular weight is 506 g/mol. The molecule has 1 spiro atoms. The summed E-state index contributed by atoms with van der Waals surface area (Å²) in [6, 6.07) is 12.9. The van der Waals surface area contributed by atoms with Crippen molar-refractivity contribution in [1.29, 1.82) is 0 Å². The lowest BCUT2D eigenvalue weighted by atomic mass is 9.49. The maximum absolute atomic E-state index is 13.9. The van der Waals surface area contributed by atoms with Crippen LogP contribution in [0.3, 0.4) is 0 Å². The molecular formula is C30H32FNO3S. The van der Waals surface area contributed by atoms with Gasteiger partial charge >= 0.3 is 0 Å². The molecule has 3 aromatic rings. The van der Waals surface area contributed by atoms with Crippen LogP contribution in [0.15, 0.2) is 42.5 Å². The Kier molecular flexibility index (Phi) is 6.50. The molecular weight excluding hydrogens is 473 g/mol. The standard InChI is InChI=1S/C30H32FNO3S/c1-17(33)23-13-30(14-23)15-25(16-30)32-29(34)28-19(3)36-18(2)27(28)9-20-5-7-21(8-6-20)22-10-24(31)12-26(11-22)35-4/h5-8,10-12,23,25H,9,13-16H2,1-4H3,(H,32,34). The van der Waals surface area contributed by atoms with Crippen molar-refractivity contribution >= 4 is 23.0 Å². The number of aryl methyl sites for hydroxylation is 2. The first-order valence-electron chi connectivity index (χ1n) is 12.5. The van der Waals surface area contributed by atoms with Gasteiger partial charge in [0.1, 0.15) is 17.3 Å². The number of benzene rings is 2. The van der Waals surface area contributed by atoms with Gasteiger partial charge in [0.05, 0.1) is 12.7 Å². The molecule has 188 valence electrons. The summed E-state index contributed by atoms with van der Waals surface area (Å²) in [4.78, 5) is 27.1. The lowest BCUT2D eigenvalue weighted by molar-refractivity contribution is -0.134. The van der Waals surface area contributed by atoms with E-state index >= 15 is 0 Å². The largest absolute Gasteiger partial charge is 0.497 e. The highest BCUT2D eigenvalue weighted by Crippen LogP contribution is 2.58. The maximum Gasteiger partial charge on any atom is 0.252 e. The van der Waals surface area contributed by atoms with Gasteiger partial charge in [-0.2, -0.15) is 0 Å². The fourth-order valence-corrected chi connectivity index (χ4v) is 7.13. The van der Waals surface area contributed by atoms with Crippen molar-refractivity contribution < 1.29 is 18.7 Å². The summed E-state index contributed by atoms with van der Waals surface area (Å²) in [5.41, 5.74) is 4.93. The number of ketones is 1. The summed E-state index contributed by atoms with van der Waals surface area (Å²) in [5, 5.41) is 3.26. The highest BCUT2D eigenvalue weighted by atomic mass is 32.1. The van der Waals surface area contributed by atoms with Gasteiger partial charge in [0.25, 0.3) is 5.91 Å². The molecule has 1 heterocycles. The molecule has 1 aromatic heterocycles. The highest BCUT2D eigenvalue weighted by molar-refractivity contribution is 7.12. The number of hydrogen-bond donors (Lipinski definition) is 1. The summed E-state index contributed by atoms with van der Waals surface area (Å²) < 4.78 is 19.1. The quantitative estimate of drug-likeness (QED) is 0.391. The Labute approximate surface area is 215 Å². The van der Waals surface area contributed by atoms with E-state index in [1.807, 2.05) is 37.3 Å². The molecule has 4 nitrogen and oxygen atoms in total. The molecule has 1 N–H and O–H groups in total. The van der Waals surface area contributed by atoms with Crippen molar-refractivity contribution in [3.63, 3.8) is 0 Å². The molecule has 36 heavy (non-hydrogen) atoms. The van der Waals surface area contributed by atoms with E-state index in [9.17, 15) is 14.0 Å². The van der Waals surface area contributed by atoms with Crippen LogP contribution in [0.5, 0.6) is 5.75 Å². The van der Waals surface area contributed by atoms with E-state index in [1.165, 1.54) is 19.2 Å². The first kappa shape index (κ1) is 24.7. The minimum Gasteiger partial charge on any atom is -0.497 e. The number of methoxy groups -OCH3 is 1. The van der Waals surface area contributed by atoms with E-state index < -0.39 is 0 Å². The van der Waals surface area contributed by atoms with Crippen LogP contribution < -0.4 is 10.1 Å². The van der Waals surface area contributed by atoms with Gasteiger partial charge in [0.2, 0.25) is 0 Å². The normalized spacial score (nSPS) is 22.6. The van der Waals surface area contributed by atoms with Gasteiger partial charge in [0.15, 0.2) is 0 Å². The Balaban J connectivity index is 1.27. The van der Waals surface area contributed by atoms with Gasteiger partial charge in [-0.15, -0.1) is 11.3 Å². The van der Waals surface area contributed by atoms with Crippen LogP contribution in [0.4, 0.5) is 4.39 Å². The lowest BCUT2D eigenvalue weighted by Crippen LogP contribution is -2.57. The van der Waals surface area contributed by atoms with Crippen LogP contribution in [-0.2, 0) is 11.2 Å². The Morgan fingerprint density at radius 1 is 1.03 bits per heavy atom. The van der Waals surface area contributed by atoms with E-state index in [4.69, 9.17) is 4.74 Å². The Hall–Kier alpha value is -2.99. The zero-order valence-electron chi connectivity index (χ0n) is 21.2. The number of rotatable bonds is 7. The second-order valence-corrected chi connectivity index (χ2v) is 12.0. The molecule has 0 bridgehead atoms. The minimum atomic E-state index is -0.332. The molecule has 2 saturated carbocycles. The topological polar surface area (TPSA) is 55.4 Å². The van der Waals surface area contributed by atoms with Crippen LogP contribution in [-0.4, -0.2) is 24.8 Å². The number of carbonyl (C=O) groups is 2. The Morgan fingerprint density at radius 3 is 2.36 bits per heavy atom. The minimum absolute atomic E-state index is 0.0117. The van der Waals surface area contributed by atoms with E-state index in [2.05, 4.69) is 12.2 Å². The monoisotopic (exact) mass is 505 g/mol. The zero-order valence-corrected chi connectivity index (χ0v) is 22.1. The average Bonchev–Trinajstić information content (AvgIpc) is 3.06. The van der Waals surface area contributed by atoms with Crippen LogP contribution >= 0.6 is 11.3 Å². The molecule has 5 rings (SSSR count). The van der Waals surface area contributed by atoms with Crippen molar-refractivity contribution in [1.82, 2.24) is 5.32 Å². The van der Waals surface area contributed by atoms with Crippen molar-refractivity contribution in [3.05, 3.63) is 74.7 Å². The smallest absolute Gasteiger partial charge is 0.252 e. The van der Waals surface area contributed by atoms with Gasteiger partial charge < -0.3 is 10.1 Å². The zero-order chi connectivity index (χ0) is 25.6. The number of carbonyl (C=O) groups excluding carboxylic acids is 2. The van der Waals surface area contributed by atoms with Gasteiger partial charge in [-0.05, 0) is 92.7 Å². The number of amides is 1. The fraction of sp³-hybridized carbons (Fsp3) is 0.400. The molecule has 2 aliphatic rings. The summed E-state index contributed by atoms with van der Waals surface area (Å²) in [7, 11) is 1.53. The van der Waals surface area contributed by atoms with E-state index in [0.29, 0.717) is 18.0 Å². The van der Waals surface area contributed by atoms with Crippen molar-refractivity contribution in [2.75, 3.05) is 7.11 Å². The Morgan fingerprint density at radius 2 is 1.72 bits per heavy atom. The SMILES string of the molecule is COc1cc(F)cc(-c2ccc(Cc3c(C)sc(C)c3C(=O)NC3CC4(C3)CC(C(C)=O)C4)cc2)c1. The second kappa shape index (κ2) is 9.47. The van der Waals surface area contributed by atoms with E-state index in [-0.39, 0.29) is 29.1 Å². The van der Waals surface area contributed by atoms with Gasteiger partial charge in [0, 0.05) is 27.8 Å². The number of halogens is 1. The maximum atomic E-state index is 13.9. The third-order valence-electron chi connectivity index (χ3n) is 8.02. The number of nitrogens with one attached hydrogen (secondary N) is 1. The van der Waals surface area contributed by atoms with E-state index in [0.717, 1.165) is 63.3 Å². The number of thiophene rings is 1. The fourth-order valence-electron chi connectivity index (χ4n) is 6.06. The summed E-state index contributed by atoms with van der Waals surface area (Å²) in [6.07, 6.45) is 4.59. The van der Waals surface area contributed by atoms with Crippen LogP contribution in [0.2, 0.25) is 0 Å². The van der Waals surface area contributed by atoms with Crippen LogP contribution in [0.1, 0.15) is 63.8 Å². The molecule has 6 heteroatoms. The van der Waals surface area contributed by atoms with Gasteiger partial charge in [-0.3, -0.25) is 9.59 Å². The number of ether oxygens (including phenoxy) is 1. The molecule has 2 aliphatic carbocycles. The molecule has 2 fully saturated rings. The molecule has 2 aromatic carbocycles. The predicted octanol–water partition coefficient (Wildman–Crippen LogP) is 6.65. The second-order valence-electron chi connectivity index (χ2n) is 10.6. The molecule has 0 atom stereocenters. The van der Waals surface area contributed by atoms with Gasteiger partial charge in [-0.1, -0.05) is 24.3 Å². The van der Waals surface area contributed by atoms with Crippen molar-refractivity contribution in [2.45, 2.75) is 58.9 Å². The first-order chi connectivity index (χ1) is 17.2. The number of Topliss-reactive ketones (excluding diaryl/α,β-unsaturated/α-hetero) is 1. The highest BCUT2D eigenvalue weighted by Gasteiger charge is 2.54. The van der Waals surface area contributed by atoms with E-state index in [1.54, 1.807) is 18.3 Å². The summed E-state index contributed by atoms with van der Waals surface area (Å²) in [5.74, 6) is 0.692. The summed E-state index contributed by atoms with van der Waals surface area (Å²) >= 11 is 1.67. The lowest BCUT2D eigenvalue weighted by Gasteiger charge is -2.57. The molecule has 0 aliphatic heterocycles. The van der Waals surface area contributed by atoms with Crippen molar-refractivity contribution in [2.24, 2.45) is 11.3 Å². The van der Waals surface area contributed by atoms with Crippen molar-refractivity contribution in [3.8, 4) is 16.9 Å². The molecule has 1 amide bonds. The Bertz CT molecular complexity index is 1310. The van der Waals surface area contributed by atoms with Crippen LogP contribution in [0, 0.1) is 31.0 Å². The van der Waals surface area contributed by atoms with Gasteiger partial charge in [-0.25, -0.2) is 4.39 Å². The summed E-state index contributed by atoms with van der Waals surface area (Å²) in [6.45, 7) is 5.78. The predicted molar refractivity (Wildman–Crippen MR) is 141 cm³/mol.